The minimum absolute atomic E-state index is 0.0709. The molecule has 0 saturated carbocycles. The number of carbonyl (C=O) groups is 1. The molecular formula is C15H23ClFN3O+2. The van der Waals surface area contributed by atoms with E-state index in [2.05, 4.69) is 12.2 Å². The lowest BCUT2D eigenvalue weighted by molar-refractivity contribution is -1.02. The van der Waals surface area contributed by atoms with Gasteiger partial charge in [-0.1, -0.05) is 11.6 Å². The van der Waals surface area contributed by atoms with Gasteiger partial charge in [-0.05, 0) is 32.0 Å². The van der Waals surface area contributed by atoms with Gasteiger partial charge in [0.15, 0.2) is 6.04 Å². The lowest BCUT2D eigenvalue weighted by Crippen LogP contribution is -3.29. The van der Waals surface area contributed by atoms with Gasteiger partial charge in [0.2, 0.25) is 0 Å². The van der Waals surface area contributed by atoms with Crippen molar-refractivity contribution in [3.05, 3.63) is 29.0 Å². The molecule has 1 atom stereocenters. The maximum atomic E-state index is 13.0. The molecule has 3 N–H and O–H groups in total. The van der Waals surface area contributed by atoms with Crippen molar-refractivity contribution < 1.29 is 19.0 Å². The van der Waals surface area contributed by atoms with Crippen LogP contribution in [-0.2, 0) is 4.79 Å². The highest BCUT2D eigenvalue weighted by Gasteiger charge is 2.30. The van der Waals surface area contributed by atoms with E-state index >= 15 is 0 Å². The van der Waals surface area contributed by atoms with E-state index in [9.17, 15) is 9.18 Å². The van der Waals surface area contributed by atoms with Crippen molar-refractivity contribution in [1.82, 2.24) is 0 Å². The summed E-state index contributed by atoms with van der Waals surface area (Å²) >= 11 is 5.94. The van der Waals surface area contributed by atoms with E-state index in [0.29, 0.717) is 5.69 Å². The molecule has 2 rings (SSSR count). The molecule has 1 fully saturated rings. The highest BCUT2D eigenvalue weighted by Crippen LogP contribution is 2.22. The number of likely N-dealkylation sites (N-methyl/N-ethyl adjacent to an activating group) is 1. The van der Waals surface area contributed by atoms with E-state index in [1.54, 1.807) is 4.90 Å². The van der Waals surface area contributed by atoms with Gasteiger partial charge in [0.25, 0.3) is 5.91 Å². The van der Waals surface area contributed by atoms with Crippen molar-refractivity contribution >= 4 is 23.2 Å². The summed E-state index contributed by atoms with van der Waals surface area (Å²) in [5, 5.41) is 3.02. The fourth-order valence-electron chi connectivity index (χ4n) is 2.73. The minimum Gasteiger partial charge on any atom is -0.326 e. The Labute approximate surface area is 129 Å². The Morgan fingerprint density at radius 3 is 2.62 bits per heavy atom. The summed E-state index contributed by atoms with van der Waals surface area (Å²) in [6.07, 6.45) is 0. The third-order valence-corrected chi connectivity index (χ3v) is 4.61. The van der Waals surface area contributed by atoms with Gasteiger partial charge in [-0.15, -0.1) is 0 Å². The Balaban J connectivity index is 1.93. The molecule has 6 heteroatoms. The van der Waals surface area contributed by atoms with Crippen molar-refractivity contribution in [3.8, 4) is 0 Å². The molecule has 0 aromatic heterocycles. The largest absolute Gasteiger partial charge is 0.326 e. The second-order valence-corrected chi connectivity index (χ2v) is 6.00. The van der Waals surface area contributed by atoms with E-state index in [0.717, 1.165) is 32.7 Å². The van der Waals surface area contributed by atoms with Gasteiger partial charge in [-0.25, -0.2) is 4.39 Å². The maximum absolute atomic E-state index is 13.0. The van der Waals surface area contributed by atoms with Crippen molar-refractivity contribution in [2.24, 2.45) is 0 Å². The highest BCUT2D eigenvalue weighted by atomic mass is 35.5. The van der Waals surface area contributed by atoms with Crippen LogP contribution in [0.5, 0.6) is 0 Å². The van der Waals surface area contributed by atoms with Crippen molar-refractivity contribution in [2.75, 3.05) is 38.0 Å². The van der Waals surface area contributed by atoms with Gasteiger partial charge in [0.1, 0.15) is 32.0 Å². The lowest BCUT2D eigenvalue weighted by atomic mass is 10.2. The zero-order valence-corrected chi connectivity index (χ0v) is 13.3. The van der Waals surface area contributed by atoms with Crippen LogP contribution in [0.3, 0.4) is 0 Å². The lowest BCUT2D eigenvalue weighted by Gasteiger charge is -2.32. The predicted octanol–water partition coefficient (Wildman–Crippen LogP) is -0.391. The summed E-state index contributed by atoms with van der Waals surface area (Å²) in [6, 6.07) is 3.86. The van der Waals surface area contributed by atoms with Gasteiger partial charge in [-0.2, -0.15) is 0 Å². The number of hydrogen-bond donors (Lipinski definition) is 3. The van der Waals surface area contributed by atoms with Crippen LogP contribution >= 0.6 is 11.6 Å². The molecule has 4 nitrogen and oxygen atoms in total. The zero-order chi connectivity index (χ0) is 15.4. The molecule has 0 radical (unpaired) electrons. The quantitative estimate of drug-likeness (QED) is 0.696. The molecule has 1 aliphatic rings. The summed E-state index contributed by atoms with van der Waals surface area (Å²) in [5.41, 5.74) is 0.465. The van der Waals surface area contributed by atoms with Gasteiger partial charge in [0.05, 0.1) is 17.3 Å². The average molecular weight is 316 g/mol. The van der Waals surface area contributed by atoms with Crippen molar-refractivity contribution in [1.29, 1.82) is 0 Å². The summed E-state index contributed by atoms with van der Waals surface area (Å²) in [7, 11) is 0. The minimum atomic E-state index is -0.407. The van der Waals surface area contributed by atoms with Gasteiger partial charge in [0, 0.05) is 0 Å². The van der Waals surface area contributed by atoms with Crippen LogP contribution in [-0.4, -0.2) is 44.7 Å². The first-order valence-corrected chi connectivity index (χ1v) is 7.83. The number of rotatable bonds is 4. The molecule has 0 aliphatic carbocycles. The Morgan fingerprint density at radius 1 is 1.38 bits per heavy atom. The Morgan fingerprint density at radius 2 is 2.05 bits per heavy atom. The van der Waals surface area contributed by atoms with Crippen LogP contribution in [0.15, 0.2) is 18.2 Å². The van der Waals surface area contributed by atoms with E-state index in [1.165, 1.54) is 23.1 Å². The first kappa shape index (κ1) is 16.2. The molecular weight excluding hydrogens is 293 g/mol. The number of benzene rings is 1. The van der Waals surface area contributed by atoms with E-state index in [-0.39, 0.29) is 17.0 Å². The molecule has 1 aromatic rings. The summed E-state index contributed by atoms with van der Waals surface area (Å²) < 4.78 is 13.0. The fraction of sp³-hybridized carbons (Fsp3) is 0.533. The second kappa shape index (κ2) is 7.20. The molecule has 0 unspecified atom stereocenters. The van der Waals surface area contributed by atoms with Gasteiger partial charge >= 0.3 is 0 Å². The molecule has 1 saturated heterocycles. The number of halogens is 2. The van der Waals surface area contributed by atoms with E-state index < -0.39 is 5.82 Å². The predicted molar refractivity (Wildman–Crippen MR) is 81.4 cm³/mol. The van der Waals surface area contributed by atoms with Crippen LogP contribution < -0.4 is 15.1 Å². The van der Waals surface area contributed by atoms with Crippen molar-refractivity contribution in [3.63, 3.8) is 0 Å². The maximum Gasteiger partial charge on any atom is 0.282 e. The Hall–Kier alpha value is -1.17. The Bertz CT molecular complexity index is 504. The van der Waals surface area contributed by atoms with Crippen LogP contribution in [0.25, 0.3) is 0 Å². The van der Waals surface area contributed by atoms with Gasteiger partial charge in [-0.3, -0.25) is 4.79 Å². The number of hydrogen-bond acceptors (Lipinski definition) is 1. The fourth-order valence-corrected chi connectivity index (χ4v) is 2.94. The van der Waals surface area contributed by atoms with Crippen LogP contribution in [0.1, 0.15) is 13.8 Å². The molecule has 0 spiro atoms. The monoisotopic (exact) mass is 315 g/mol. The SMILES string of the molecule is CC[NH+]1CC[NH+]([C@H](C)C(=O)Nc2ccc(F)cc2Cl)CC1. The number of piperazine rings is 1. The number of carbonyl (C=O) groups excluding carboxylic acids is 1. The average Bonchev–Trinajstić information content (AvgIpc) is 2.49. The van der Waals surface area contributed by atoms with Crippen LogP contribution in [0, 0.1) is 5.82 Å². The molecule has 1 aliphatic heterocycles. The summed E-state index contributed by atoms with van der Waals surface area (Å²) in [5.74, 6) is -0.478. The molecule has 1 aromatic carbocycles. The van der Waals surface area contributed by atoms with Gasteiger partial charge < -0.3 is 15.1 Å². The van der Waals surface area contributed by atoms with E-state index in [1.807, 2.05) is 6.92 Å². The summed E-state index contributed by atoms with van der Waals surface area (Å²) in [4.78, 5) is 15.2. The van der Waals surface area contributed by atoms with Crippen molar-refractivity contribution in [2.45, 2.75) is 19.9 Å². The second-order valence-electron chi connectivity index (χ2n) is 5.60. The number of amides is 1. The van der Waals surface area contributed by atoms with Crippen LogP contribution in [0.2, 0.25) is 5.02 Å². The standard InChI is InChI=1S/C15H21ClFN3O/c1-3-19-6-8-20(9-7-19)11(2)15(21)18-14-5-4-12(17)10-13(14)16/h4-5,10-11H,3,6-9H2,1-2H3,(H,18,21)/p+2/t11-/m1/s1. The number of quaternary nitrogens is 2. The Kier molecular flexibility index (Phi) is 5.56. The topological polar surface area (TPSA) is 38.0 Å². The molecule has 1 heterocycles. The third kappa shape index (κ3) is 4.15. The third-order valence-electron chi connectivity index (χ3n) is 4.29. The molecule has 116 valence electrons. The smallest absolute Gasteiger partial charge is 0.282 e. The zero-order valence-electron chi connectivity index (χ0n) is 12.5. The first-order chi connectivity index (χ1) is 10.0. The molecule has 0 bridgehead atoms. The molecule has 21 heavy (non-hydrogen) atoms. The first-order valence-electron chi connectivity index (χ1n) is 7.45. The summed E-state index contributed by atoms with van der Waals surface area (Å²) in [6.45, 7) is 9.44. The van der Waals surface area contributed by atoms with Crippen LogP contribution in [0.4, 0.5) is 10.1 Å². The normalized spacial score (nSPS) is 23.6. The number of nitrogens with one attached hydrogen (secondary N) is 3. The molecule has 1 amide bonds. The van der Waals surface area contributed by atoms with E-state index in [4.69, 9.17) is 11.6 Å². The number of anilines is 1. The highest BCUT2D eigenvalue weighted by molar-refractivity contribution is 6.33.